The first-order valence-electron chi connectivity index (χ1n) is 15.2. The van der Waals surface area contributed by atoms with Gasteiger partial charge in [0.1, 0.15) is 12.1 Å². The monoisotopic (exact) mass is 582 g/mol. The van der Waals surface area contributed by atoms with Crippen LogP contribution >= 0.6 is 0 Å². The molecule has 0 aromatic heterocycles. The molecule has 0 aromatic carbocycles. The van der Waals surface area contributed by atoms with Gasteiger partial charge in [0, 0.05) is 19.0 Å². The number of amides is 4. The maximum atomic E-state index is 14.0. The Morgan fingerprint density at radius 2 is 1.59 bits per heavy atom. The van der Waals surface area contributed by atoms with Crippen LogP contribution in [0.2, 0.25) is 0 Å². The van der Waals surface area contributed by atoms with Gasteiger partial charge in [0.05, 0.1) is 6.04 Å². The van der Waals surface area contributed by atoms with E-state index in [1.165, 1.54) is 4.90 Å². The summed E-state index contributed by atoms with van der Waals surface area (Å²) < 4.78 is 27.5. The van der Waals surface area contributed by atoms with Crippen LogP contribution in [0.3, 0.4) is 0 Å². The summed E-state index contributed by atoms with van der Waals surface area (Å²) >= 11 is 0. The lowest BCUT2D eigenvalue weighted by Gasteiger charge is -2.35. The van der Waals surface area contributed by atoms with Crippen LogP contribution < -0.4 is 16.0 Å². The average molecular weight is 583 g/mol. The first kappa shape index (κ1) is 31.2. The zero-order valence-electron chi connectivity index (χ0n) is 23.9. The third-order valence-corrected chi connectivity index (χ3v) is 9.32. The van der Waals surface area contributed by atoms with Crippen molar-refractivity contribution in [2.24, 2.45) is 11.3 Å². The molecule has 3 aliphatic carbocycles. The minimum atomic E-state index is -3.10. The van der Waals surface area contributed by atoms with E-state index in [9.17, 15) is 37.9 Å². The van der Waals surface area contributed by atoms with E-state index in [-0.39, 0.29) is 17.4 Å². The summed E-state index contributed by atoms with van der Waals surface area (Å²) in [6.45, 7) is 1.01. The molecule has 1 heterocycles. The van der Waals surface area contributed by atoms with Crippen LogP contribution in [0.25, 0.3) is 0 Å². The molecule has 4 aliphatic rings. The van der Waals surface area contributed by atoms with Gasteiger partial charge in [-0.15, -0.1) is 0 Å². The van der Waals surface area contributed by atoms with E-state index in [0.717, 1.165) is 64.2 Å². The van der Waals surface area contributed by atoms with Gasteiger partial charge in [0.15, 0.2) is 0 Å². The predicted octanol–water partition coefficient (Wildman–Crippen LogP) is 3.52. The lowest BCUT2D eigenvalue weighted by Crippen LogP contribution is -2.58. The van der Waals surface area contributed by atoms with Gasteiger partial charge in [-0.05, 0) is 69.6 Å². The second kappa shape index (κ2) is 13.0. The molecule has 0 aromatic rings. The summed E-state index contributed by atoms with van der Waals surface area (Å²) in [5, 5.41) is 17.1. The summed E-state index contributed by atoms with van der Waals surface area (Å²) in [7, 11) is 0. The normalized spacial score (nSPS) is 24.4. The number of carboxylic acid groups (broad SMARTS) is 1. The van der Waals surface area contributed by atoms with Crippen molar-refractivity contribution in [2.75, 3.05) is 6.54 Å². The number of alkyl halides is 2. The number of carbonyl (C=O) groups is 5. The van der Waals surface area contributed by atoms with E-state index < -0.39 is 66.5 Å². The number of nitrogens with zero attached hydrogens (tertiary/aromatic N) is 1. The highest BCUT2D eigenvalue weighted by atomic mass is 19.3. The molecule has 4 fully saturated rings. The van der Waals surface area contributed by atoms with Gasteiger partial charge in [-0.1, -0.05) is 38.5 Å². The zero-order chi connectivity index (χ0) is 29.8. The van der Waals surface area contributed by atoms with Crippen molar-refractivity contribution in [1.29, 1.82) is 0 Å². The predicted molar refractivity (Wildman–Crippen MR) is 145 cm³/mol. The average Bonchev–Trinajstić information content (AvgIpc) is 3.67. The molecule has 230 valence electrons. The van der Waals surface area contributed by atoms with Crippen molar-refractivity contribution in [1.82, 2.24) is 20.9 Å². The van der Waals surface area contributed by atoms with Crippen LogP contribution in [0.5, 0.6) is 0 Å². The zero-order valence-corrected chi connectivity index (χ0v) is 23.9. The lowest BCUT2D eigenvalue weighted by atomic mass is 9.72. The number of likely N-dealkylation sites (tertiary alicyclic amines) is 1. The second-order valence-corrected chi connectivity index (χ2v) is 12.9. The van der Waals surface area contributed by atoms with E-state index in [1.807, 2.05) is 0 Å². The molecule has 1 aliphatic heterocycles. The molecule has 0 bridgehead atoms. The number of rotatable bonds is 11. The first-order valence-corrected chi connectivity index (χ1v) is 15.2. The van der Waals surface area contributed by atoms with Crippen molar-refractivity contribution in [3.8, 4) is 0 Å². The van der Waals surface area contributed by atoms with E-state index in [1.54, 1.807) is 0 Å². The summed E-state index contributed by atoms with van der Waals surface area (Å²) in [4.78, 5) is 66.5. The highest BCUT2D eigenvalue weighted by Gasteiger charge is 2.51. The Morgan fingerprint density at radius 1 is 0.951 bits per heavy atom. The maximum Gasteiger partial charge on any atom is 0.405 e. The van der Waals surface area contributed by atoms with Crippen LogP contribution in [-0.2, 0) is 19.2 Å². The quantitative estimate of drug-likeness (QED) is 0.274. The number of carbonyl (C=O) groups excluding carboxylic acids is 4. The summed E-state index contributed by atoms with van der Waals surface area (Å²) in [6, 6.07) is -3.57. The van der Waals surface area contributed by atoms with Gasteiger partial charge >= 0.3 is 6.09 Å². The van der Waals surface area contributed by atoms with Gasteiger partial charge in [-0.25, -0.2) is 13.6 Å². The number of hydrogen-bond donors (Lipinski definition) is 4. The number of Topliss-reactive ketones (excluding diaryl/α,β-unsaturated/α-hetero) is 1. The van der Waals surface area contributed by atoms with Gasteiger partial charge in [0.2, 0.25) is 23.5 Å². The molecule has 1 saturated heterocycles. The third-order valence-electron chi connectivity index (χ3n) is 9.32. The topological polar surface area (TPSA) is 145 Å². The van der Waals surface area contributed by atoms with E-state index >= 15 is 0 Å². The molecular weight excluding hydrogens is 538 g/mol. The number of hydrogen-bond acceptors (Lipinski definition) is 5. The van der Waals surface area contributed by atoms with Gasteiger partial charge in [0.25, 0.3) is 5.91 Å². The standard InChI is InChI=1S/C29H44F2N4O6/c1-28(30,31)15-12-20(23(36)25(38)32-19-10-11-19)33-24(37)21-16-29(13-6-3-7-14-29)17-35(21)26(39)22(34-27(40)41)18-8-4-2-5-9-18/h18-22,34H,2-17H2,1H3,(H,32,38)(H,33,37)(H,40,41)/t20-,21-,22-/m0/s1. The molecular formula is C29H44F2N4O6. The van der Waals surface area contributed by atoms with E-state index in [4.69, 9.17) is 0 Å². The molecule has 12 heteroatoms. The minimum absolute atomic E-state index is 0.122. The molecule has 3 atom stereocenters. The molecule has 10 nitrogen and oxygen atoms in total. The Hall–Kier alpha value is -2.79. The molecule has 4 rings (SSSR count). The number of nitrogens with one attached hydrogen (secondary N) is 3. The van der Waals surface area contributed by atoms with Crippen molar-refractivity contribution < 1.29 is 37.9 Å². The lowest BCUT2D eigenvalue weighted by molar-refractivity contribution is -0.143. The van der Waals surface area contributed by atoms with Crippen LogP contribution in [0.15, 0.2) is 0 Å². The van der Waals surface area contributed by atoms with Crippen LogP contribution in [-0.4, -0.2) is 76.2 Å². The smallest absolute Gasteiger partial charge is 0.405 e. The number of halogens is 2. The van der Waals surface area contributed by atoms with Crippen molar-refractivity contribution in [3.63, 3.8) is 0 Å². The van der Waals surface area contributed by atoms with Gasteiger partial charge < -0.3 is 26.0 Å². The summed E-state index contributed by atoms with van der Waals surface area (Å²) in [6.07, 6.45) is 8.13. The molecule has 41 heavy (non-hydrogen) atoms. The molecule has 4 N–H and O–H groups in total. The first-order chi connectivity index (χ1) is 19.4. The van der Waals surface area contributed by atoms with E-state index in [0.29, 0.717) is 32.7 Å². The SMILES string of the molecule is CC(F)(F)CC[C@H](NC(=O)[C@@H]1CC2(CCCCC2)CN1C(=O)[C@@H](NC(=O)O)C1CCCCC1)C(=O)C(=O)NC1CC1. The van der Waals surface area contributed by atoms with Crippen LogP contribution in [0, 0.1) is 11.3 Å². The van der Waals surface area contributed by atoms with Crippen LogP contribution in [0.1, 0.15) is 103 Å². The summed E-state index contributed by atoms with van der Waals surface area (Å²) in [5.41, 5.74) is -0.310. The Kier molecular flexibility index (Phi) is 9.89. The largest absolute Gasteiger partial charge is 0.465 e. The van der Waals surface area contributed by atoms with Crippen LogP contribution in [0.4, 0.5) is 13.6 Å². The highest BCUT2D eigenvalue weighted by Crippen LogP contribution is 2.47. The molecule has 4 amide bonds. The Bertz CT molecular complexity index is 1000. The fourth-order valence-corrected chi connectivity index (χ4v) is 6.92. The van der Waals surface area contributed by atoms with Crippen molar-refractivity contribution >= 4 is 29.6 Å². The fraction of sp³-hybridized carbons (Fsp3) is 0.828. The minimum Gasteiger partial charge on any atom is -0.465 e. The molecule has 3 saturated carbocycles. The van der Waals surface area contributed by atoms with Gasteiger partial charge in [-0.3, -0.25) is 19.2 Å². The molecule has 0 unspecified atom stereocenters. The maximum absolute atomic E-state index is 14.0. The third kappa shape index (κ3) is 8.38. The Morgan fingerprint density at radius 3 is 2.17 bits per heavy atom. The van der Waals surface area contributed by atoms with Crippen molar-refractivity contribution in [3.05, 3.63) is 0 Å². The highest BCUT2D eigenvalue weighted by molar-refractivity contribution is 6.38. The molecule has 1 spiro atoms. The van der Waals surface area contributed by atoms with Crippen molar-refractivity contribution in [2.45, 2.75) is 133 Å². The fourth-order valence-electron chi connectivity index (χ4n) is 6.92. The second-order valence-electron chi connectivity index (χ2n) is 12.9. The number of ketones is 1. The Labute approximate surface area is 239 Å². The van der Waals surface area contributed by atoms with Gasteiger partial charge in [-0.2, -0.15) is 0 Å². The van der Waals surface area contributed by atoms with E-state index in [2.05, 4.69) is 16.0 Å². The summed E-state index contributed by atoms with van der Waals surface area (Å²) in [5.74, 6) is -6.32. The molecule has 0 radical (unpaired) electrons. The Balaban J connectivity index is 1.56.